The number of nitrogens with zero attached hydrogens (tertiary/aromatic N) is 2. The summed E-state index contributed by atoms with van der Waals surface area (Å²) in [4.78, 5) is 4.40. The van der Waals surface area contributed by atoms with E-state index in [1.165, 1.54) is 6.07 Å². The Labute approximate surface area is 131 Å². The van der Waals surface area contributed by atoms with E-state index in [1.54, 1.807) is 0 Å². The smallest absolute Gasteiger partial charge is 0.376 e. The topological polar surface area (TPSA) is 63.9 Å². The molecule has 1 aliphatic heterocycles. The minimum absolute atomic E-state index is 0.243. The van der Waals surface area contributed by atoms with Crippen LogP contribution in [0.4, 0.5) is 13.2 Å². The highest BCUT2D eigenvalue weighted by molar-refractivity contribution is 5.77. The molecule has 3 rings (SSSR count). The van der Waals surface area contributed by atoms with Gasteiger partial charge in [-0.2, -0.15) is 13.2 Å². The number of fused-ring (bicyclic) bond motifs is 1. The average molecular weight is 330 g/mol. The molecule has 8 heteroatoms. The highest BCUT2D eigenvalue weighted by Gasteiger charge is 2.33. The molecule has 2 atom stereocenters. The zero-order valence-corrected chi connectivity index (χ0v) is 12.8. The first-order chi connectivity index (χ1) is 10.9. The molecule has 3 N–H and O–H groups in total. The van der Waals surface area contributed by atoms with Crippen molar-refractivity contribution in [2.75, 3.05) is 19.8 Å². The number of ether oxygens (including phenoxy) is 2. The maximum atomic E-state index is 12.9. The van der Waals surface area contributed by atoms with Gasteiger partial charge in [0.15, 0.2) is 11.9 Å². The summed E-state index contributed by atoms with van der Waals surface area (Å²) in [6.45, 7) is 3.96. The number of rotatable bonds is 3. The van der Waals surface area contributed by atoms with Crippen LogP contribution in [0.2, 0.25) is 0 Å². The van der Waals surface area contributed by atoms with Crippen LogP contribution in [-0.4, -0.2) is 35.5 Å². The second kappa shape index (κ2) is 6.10. The van der Waals surface area contributed by atoms with Crippen molar-refractivity contribution in [2.24, 2.45) is 0 Å². The van der Waals surface area contributed by atoms with Crippen LogP contribution in [0.3, 0.4) is 0 Å². The second-order valence-corrected chi connectivity index (χ2v) is 5.51. The molecule has 0 amide bonds. The van der Waals surface area contributed by atoms with E-state index in [9.17, 15) is 13.2 Å². The molecule has 0 unspecified atom stereocenters. The third kappa shape index (κ3) is 3.06. The highest BCUT2D eigenvalue weighted by atomic mass is 19.4. The maximum absolute atomic E-state index is 12.9. The van der Waals surface area contributed by atoms with Gasteiger partial charge in [0.25, 0.3) is 0 Å². The number of aryl methyl sites for hydroxylation is 1. The van der Waals surface area contributed by atoms with Crippen molar-refractivity contribution in [1.82, 2.24) is 9.55 Å². The predicted octanol–water partition coefficient (Wildman–Crippen LogP) is 1.77. The van der Waals surface area contributed by atoms with Crippen LogP contribution < -0.4 is 5.73 Å². The van der Waals surface area contributed by atoms with Crippen molar-refractivity contribution in [3.05, 3.63) is 29.6 Å². The monoisotopic (exact) mass is 330 g/mol. The Hall–Kier alpha value is -1.64. The van der Waals surface area contributed by atoms with E-state index in [0.29, 0.717) is 43.2 Å². The molecule has 1 aromatic heterocycles. The van der Waals surface area contributed by atoms with E-state index in [0.717, 1.165) is 12.1 Å². The molecule has 2 aromatic rings. The van der Waals surface area contributed by atoms with Gasteiger partial charge >= 0.3 is 6.18 Å². The van der Waals surface area contributed by atoms with E-state index in [-0.39, 0.29) is 12.1 Å². The minimum Gasteiger partial charge on any atom is -0.376 e. The summed E-state index contributed by atoms with van der Waals surface area (Å²) in [6, 6.07) is 3.31. The number of aromatic nitrogens is 2. The quantitative estimate of drug-likeness (QED) is 0.933. The van der Waals surface area contributed by atoms with Crippen LogP contribution in [0.1, 0.15) is 24.4 Å². The van der Waals surface area contributed by atoms with Crippen LogP contribution >= 0.6 is 0 Å². The zero-order chi connectivity index (χ0) is 16.6. The molecule has 126 valence electrons. The summed E-state index contributed by atoms with van der Waals surface area (Å²) >= 11 is 0. The fourth-order valence-corrected chi connectivity index (χ4v) is 2.84. The molecule has 23 heavy (non-hydrogen) atoms. The van der Waals surface area contributed by atoms with E-state index in [1.807, 2.05) is 11.5 Å². The predicted molar refractivity (Wildman–Crippen MR) is 76.6 cm³/mol. The van der Waals surface area contributed by atoms with Gasteiger partial charge in [-0.05, 0) is 25.1 Å². The fourth-order valence-electron chi connectivity index (χ4n) is 2.84. The van der Waals surface area contributed by atoms with Crippen LogP contribution in [0.15, 0.2) is 18.2 Å². The number of hydrogen-bond acceptors (Lipinski definition) is 3. The third-order valence-electron chi connectivity index (χ3n) is 4.04. The summed E-state index contributed by atoms with van der Waals surface area (Å²) in [5.74, 6) is 0.623. The van der Waals surface area contributed by atoms with E-state index in [4.69, 9.17) is 9.47 Å². The van der Waals surface area contributed by atoms with Crippen LogP contribution in [0, 0.1) is 0 Å². The standard InChI is InChI=1S/C15H18F3N3O2/c1-2-21-11-4-3-9(15(16,17)18)7-10(11)20-14(21)13(19)12-8-22-5-6-23-12/h3-4,7,12-13H,2,5-6,8,19H2,1H3/p+1/t12-,13+/m1/s1. The van der Waals surface area contributed by atoms with Crippen LogP contribution in [-0.2, 0) is 22.2 Å². The lowest BCUT2D eigenvalue weighted by atomic mass is 10.1. The molecule has 0 spiro atoms. The first kappa shape index (κ1) is 16.2. The van der Waals surface area contributed by atoms with E-state index >= 15 is 0 Å². The van der Waals surface area contributed by atoms with Gasteiger partial charge < -0.3 is 19.8 Å². The largest absolute Gasteiger partial charge is 0.416 e. The third-order valence-corrected chi connectivity index (χ3v) is 4.04. The molecule has 0 radical (unpaired) electrons. The van der Waals surface area contributed by atoms with Gasteiger partial charge in [0.05, 0.1) is 36.4 Å². The molecule has 0 saturated carbocycles. The first-order valence-corrected chi connectivity index (χ1v) is 7.51. The van der Waals surface area contributed by atoms with Crippen molar-refractivity contribution >= 4 is 11.0 Å². The lowest BCUT2D eigenvalue weighted by molar-refractivity contribution is -0.454. The Morgan fingerprint density at radius 1 is 1.39 bits per heavy atom. The van der Waals surface area contributed by atoms with Crippen molar-refractivity contribution in [2.45, 2.75) is 31.8 Å². The van der Waals surface area contributed by atoms with Gasteiger partial charge in [-0.15, -0.1) is 0 Å². The average Bonchev–Trinajstić information content (AvgIpc) is 2.91. The number of imidazole rings is 1. The van der Waals surface area contributed by atoms with Gasteiger partial charge in [0.2, 0.25) is 0 Å². The Morgan fingerprint density at radius 3 is 2.78 bits per heavy atom. The Bertz CT molecular complexity index is 693. The number of halogens is 3. The molecular weight excluding hydrogens is 311 g/mol. The van der Waals surface area contributed by atoms with Gasteiger partial charge in [-0.1, -0.05) is 0 Å². The molecule has 0 aliphatic carbocycles. The van der Waals surface area contributed by atoms with Gasteiger partial charge in [0, 0.05) is 6.54 Å². The summed E-state index contributed by atoms with van der Waals surface area (Å²) in [7, 11) is 0. The number of alkyl halides is 3. The fraction of sp³-hybridized carbons (Fsp3) is 0.533. The number of hydrogen-bond donors (Lipinski definition) is 1. The van der Waals surface area contributed by atoms with Crippen LogP contribution in [0.25, 0.3) is 11.0 Å². The normalized spacial score (nSPS) is 20.8. The lowest BCUT2D eigenvalue weighted by Gasteiger charge is -2.25. The van der Waals surface area contributed by atoms with E-state index < -0.39 is 11.7 Å². The summed E-state index contributed by atoms with van der Waals surface area (Å²) in [5, 5.41) is 0. The molecule has 1 aromatic carbocycles. The van der Waals surface area contributed by atoms with Crippen LogP contribution in [0.5, 0.6) is 0 Å². The van der Waals surface area contributed by atoms with Crippen molar-refractivity contribution in [3.8, 4) is 0 Å². The number of benzene rings is 1. The Balaban J connectivity index is 2.02. The Morgan fingerprint density at radius 2 is 2.17 bits per heavy atom. The van der Waals surface area contributed by atoms with Crippen molar-refractivity contribution in [3.63, 3.8) is 0 Å². The molecule has 5 nitrogen and oxygen atoms in total. The molecule has 1 aliphatic rings. The first-order valence-electron chi connectivity index (χ1n) is 7.51. The molecule has 1 saturated heterocycles. The zero-order valence-electron chi connectivity index (χ0n) is 12.8. The number of quaternary nitrogens is 1. The van der Waals surface area contributed by atoms with E-state index in [2.05, 4.69) is 10.7 Å². The SMILES string of the molecule is CCn1c([C@@H]([NH3+])[C@H]2COCCO2)nc2cc(C(F)(F)F)ccc21. The van der Waals surface area contributed by atoms with Gasteiger partial charge in [0.1, 0.15) is 6.10 Å². The lowest BCUT2D eigenvalue weighted by Crippen LogP contribution is -2.62. The molecule has 0 bridgehead atoms. The van der Waals surface area contributed by atoms with Crippen molar-refractivity contribution in [1.29, 1.82) is 0 Å². The highest BCUT2D eigenvalue weighted by Crippen LogP contribution is 2.32. The van der Waals surface area contributed by atoms with Gasteiger partial charge in [-0.3, -0.25) is 0 Å². The molecule has 2 heterocycles. The Kier molecular flexibility index (Phi) is 4.31. The van der Waals surface area contributed by atoms with Crippen molar-refractivity contribution < 1.29 is 28.4 Å². The summed E-state index contributed by atoms with van der Waals surface area (Å²) < 4.78 is 51.5. The molecular formula is C15H19F3N3O2+. The maximum Gasteiger partial charge on any atom is 0.416 e. The minimum atomic E-state index is -4.38. The molecule has 1 fully saturated rings. The summed E-state index contributed by atoms with van der Waals surface area (Å²) in [5.41, 5.74) is 4.39. The summed E-state index contributed by atoms with van der Waals surface area (Å²) in [6.07, 6.45) is -4.62. The van der Waals surface area contributed by atoms with Gasteiger partial charge in [-0.25, -0.2) is 4.98 Å². The second-order valence-electron chi connectivity index (χ2n) is 5.51.